The summed E-state index contributed by atoms with van der Waals surface area (Å²) in [7, 11) is 3.26. The molecule has 1 fully saturated rings. The number of benzene rings is 1. The lowest BCUT2D eigenvalue weighted by molar-refractivity contribution is 0.122. The summed E-state index contributed by atoms with van der Waals surface area (Å²) < 4.78 is 16.0. The van der Waals surface area contributed by atoms with E-state index < -0.39 is 0 Å². The molecule has 7 heteroatoms. The monoisotopic (exact) mass is 344 g/mol. The van der Waals surface area contributed by atoms with Crippen LogP contribution in [0.1, 0.15) is 11.3 Å². The Morgan fingerprint density at radius 2 is 1.84 bits per heavy atom. The zero-order valence-electron chi connectivity index (χ0n) is 14.9. The number of rotatable bonds is 6. The summed E-state index contributed by atoms with van der Waals surface area (Å²) in [6.07, 6.45) is 0. The molecule has 1 saturated heterocycles. The average molecular weight is 344 g/mol. The fourth-order valence-electron chi connectivity index (χ4n) is 2.76. The van der Waals surface area contributed by atoms with E-state index in [0.717, 1.165) is 43.4 Å². The first-order valence-electron chi connectivity index (χ1n) is 8.33. The van der Waals surface area contributed by atoms with E-state index in [9.17, 15) is 0 Å². The number of hydrogen-bond acceptors (Lipinski definition) is 7. The van der Waals surface area contributed by atoms with Gasteiger partial charge in [0.1, 0.15) is 5.82 Å². The van der Waals surface area contributed by atoms with Crippen molar-refractivity contribution in [2.24, 2.45) is 0 Å². The van der Waals surface area contributed by atoms with Gasteiger partial charge in [-0.15, -0.1) is 0 Å². The van der Waals surface area contributed by atoms with Crippen LogP contribution < -0.4 is 19.7 Å². The third kappa shape index (κ3) is 4.30. The molecule has 2 heterocycles. The largest absolute Gasteiger partial charge is 0.493 e. The van der Waals surface area contributed by atoms with Gasteiger partial charge < -0.3 is 24.4 Å². The highest BCUT2D eigenvalue weighted by molar-refractivity contribution is 5.46. The Kier molecular flexibility index (Phi) is 5.55. The van der Waals surface area contributed by atoms with E-state index in [1.165, 1.54) is 0 Å². The van der Waals surface area contributed by atoms with Crippen molar-refractivity contribution < 1.29 is 14.2 Å². The van der Waals surface area contributed by atoms with Crippen LogP contribution in [0.15, 0.2) is 24.3 Å². The Hall–Kier alpha value is -2.54. The van der Waals surface area contributed by atoms with E-state index >= 15 is 0 Å². The van der Waals surface area contributed by atoms with E-state index in [1.807, 2.05) is 31.2 Å². The number of nitrogens with one attached hydrogen (secondary N) is 1. The van der Waals surface area contributed by atoms with Crippen molar-refractivity contribution in [2.75, 3.05) is 50.7 Å². The van der Waals surface area contributed by atoms with Crippen molar-refractivity contribution in [3.63, 3.8) is 0 Å². The Morgan fingerprint density at radius 3 is 2.56 bits per heavy atom. The van der Waals surface area contributed by atoms with Crippen LogP contribution in [0, 0.1) is 6.92 Å². The van der Waals surface area contributed by atoms with Gasteiger partial charge in [0.25, 0.3) is 0 Å². The van der Waals surface area contributed by atoms with Gasteiger partial charge in [-0.25, -0.2) is 4.98 Å². The minimum absolute atomic E-state index is 0.604. The van der Waals surface area contributed by atoms with Gasteiger partial charge in [-0.1, -0.05) is 6.07 Å². The summed E-state index contributed by atoms with van der Waals surface area (Å²) in [5.41, 5.74) is 2.00. The SMILES string of the molecule is COc1ccc(CNc2nc(C)cc(N3CCOCC3)n2)cc1OC. The number of aromatic nitrogens is 2. The quantitative estimate of drug-likeness (QED) is 0.862. The average Bonchev–Trinajstić information content (AvgIpc) is 2.66. The first kappa shape index (κ1) is 17.3. The molecule has 25 heavy (non-hydrogen) atoms. The van der Waals surface area contributed by atoms with Crippen LogP contribution in [0.3, 0.4) is 0 Å². The van der Waals surface area contributed by atoms with Crippen molar-refractivity contribution >= 4 is 11.8 Å². The second-order valence-electron chi connectivity index (χ2n) is 5.83. The highest BCUT2D eigenvalue weighted by Crippen LogP contribution is 2.27. The lowest BCUT2D eigenvalue weighted by Crippen LogP contribution is -2.37. The molecule has 1 aliphatic heterocycles. The lowest BCUT2D eigenvalue weighted by Gasteiger charge is -2.28. The third-order valence-electron chi connectivity index (χ3n) is 4.07. The van der Waals surface area contributed by atoms with Crippen molar-refractivity contribution in [2.45, 2.75) is 13.5 Å². The normalized spacial score (nSPS) is 14.3. The van der Waals surface area contributed by atoms with Crippen LogP contribution in [0.2, 0.25) is 0 Å². The van der Waals surface area contributed by atoms with E-state index in [-0.39, 0.29) is 0 Å². The molecular weight excluding hydrogens is 320 g/mol. The summed E-state index contributed by atoms with van der Waals surface area (Å²) in [5, 5.41) is 3.29. The van der Waals surface area contributed by atoms with E-state index in [0.29, 0.717) is 24.0 Å². The van der Waals surface area contributed by atoms with Gasteiger partial charge in [0.2, 0.25) is 5.95 Å². The molecule has 1 aromatic heterocycles. The number of morpholine rings is 1. The molecule has 134 valence electrons. The maximum atomic E-state index is 5.40. The van der Waals surface area contributed by atoms with Crippen LogP contribution in [0.5, 0.6) is 11.5 Å². The summed E-state index contributed by atoms with van der Waals surface area (Å²) in [6.45, 7) is 5.76. The number of methoxy groups -OCH3 is 2. The smallest absolute Gasteiger partial charge is 0.225 e. The predicted octanol–water partition coefficient (Wildman–Crippen LogP) is 2.25. The Balaban J connectivity index is 1.71. The minimum atomic E-state index is 0.604. The molecule has 3 rings (SSSR count). The molecule has 0 spiro atoms. The molecule has 0 atom stereocenters. The standard InChI is InChI=1S/C18H24N4O3/c1-13-10-17(22-6-8-25-9-7-22)21-18(20-13)19-12-14-4-5-15(23-2)16(11-14)24-3/h4-5,10-11H,6-9,12H2,1-3H3,(H,19,20,21). The van der Waals surface area contributed by atoms with Gasteiger partial charge in [-0.05, 0) is 24.6 Å². The van der Waals surface area contributed by atoms with Crippen LogP contribution in [-0.2, 0) is 11.3 Å². The Labute approximate surface area is 147 Å². The molecule has 1 N–H and O–H groups in total. The van der Waals surface area contributed by atoms with Crippen molar-refractivity contribution in [1.29, 1.82) is 0 Å². The van der Waals surface area contributed by atoms with Gasteiger partial charge >= 0.3 is 0 Å². The Bertz CT molecular complexity index is 717. The fourth-order valence-corrected chi connectivity index (χ4v) is 2.76. The number of anilines is 2. The number of hydrogen-bond donors (Lipinski definition) is 1. The molecule has 0 radical (unpaired) electrons. The zero-order chi connectivity index (χ0) is 17.6. The molecule has 1 aromatic carbocycles. The molecule has 0 amide bonds. The molecule has 7 nitrogen and oxygen atoms in total. The number of nitrogens with zero attached hydrogens (tertiary/aromatic N) is 3. The van der Waals surface area contributed by atoms with E-state index in [4.69, 9.17) is 14.2 Å². The van der Waals surface area contributed by atoms with Crippen LogP contribution in [0.4, 0.5) is 11.8 Å². The Morgan fingerprint density at radius 1 is 1.08 bits per heavy atom. The van der Waals surface area contributed by atoms with Crippen LogP contribution >= 0.6 is 0 Å². The summed E-state index contributed by atoms with van der Waals surface area (Å²) >= 11 is 0. The maximum Gasteiger partial charge on any atom is 0.225 e. The van der Waals surface area contributed by atoms with E-state index in [2.05, 4.69) is 20.2 Å². The van der Waals surface area contributed by atoms with Gasteiger partial charge in [0, 0.05) is 31.4 Å². The van der Waals surface area contributed by atoms with Crippen LogP contribution in [-0.4, -0.2) is 50.5 Å². The topological polar surface area (TPSA) is 68.7 Å². The number of aryl methyl sites for hydroxylation is 1. The molecule has 1 aliphatic rings. The lowest BCUT2D eigenvalue weighted by atomic mass is 10.2. The first-order valence-corrected chi connectivity index (χ1v) is 8.33. The molecule has 0 aliphatic carbocycles. The van der Waals surface area contributed by atoms with Gasteiger partial charge in [-0.2, -0.15) is 4.98 Å². The van der Waals surface area contributed by atoms with Gasteiger partial charge in [0.05, 0.1) is 27.4 Å². The summed E-state index contributed by atoms with van der Waals surface area (Å²) in [4.78, 5) is 11.3. The van der Waals surface area contributed by atoms with Crippen LogP contribution in [0.25, 0.3) is 0 Å². The first-order chi connectivity index (χ1) is 12.2. The van der Waals surface area contributed by atoms with Crippen molar-refractivity contribution in [1.82, 2.24) is 9.97 Å². The predicted molar refractivity (Wildman–Crippen MR) is 96.7 cm³/mol. The molecule has 0 bridgehead atoms. The van der Waals surface area contributed by atoms with Crippen molar-refractivity contribution in [3.05, 3.63) is 35.5 Å². The molecule has 0 unspecified atom stereocenters. The highest BCUT2D eigenvalue weighted by Gasteiger charge is 2.14. The molecule has 0 saturated carbocycles. The van der Waals surface area contributed by atoms with Gasteiger partial charge in [0.15, 0.2) is 11.5 Å². The van der Waals surface area contributed by atoms with Gasteiger partial charge in [-0.3, -0.25) is 0 Å². The van der Waals surface area contributed by atoms with Crippen molar-refractivity contribution in [3.8, 4) is 11.5 Å². The maximum absolute atomic E-state index is 5.40. The zero-order valence-corrected chi connectivity index (χ0v) is 14.9. The summed E-state index contributed by atoms with van der Waals surface area (Å²) in [5.74, 6) is 2.98. The minimum Gasteiger partial charge on any atom is -0.493 e. The summed E-state index contributed by atoms with van der Waals surface area (Å²) in [6, 6.07) is 7.84. The second-order valence-corrected chi connectivity index (χ2v) is 5.83. The highest BCUT2D eigenvalue weighted by atomic mass is 16.5. The second kappa shape index (κ2) is 8.02. The molecule has 2 aromatic rings. The van der Waals surface area contributed by atoms with E-state index in [1.54, 1.807) is 14.2 Å². The molecular formula is C18H24N4O3. The third-order valence-corrected chi connectivity index (χ3v) is 4.07. The number of ether oxygens (including phenoxy) is 3. The fraction of sp³-hybridized carbons (Fsp3) is 0.444.